The molecular weight excluding hydrogens is 279 g/mol. The van der Waals surface area contributed by atoms with Crippen molar-refractivity contribution in [3.63, 3.8) is 0 Å². The van der Waals surface area contributed by atoms with E-state index in [2.05, 4.69) is 0 Å². The van der Waals surface area contributed by atoms with Gasteiger partial charge in [0, 0.05) is 6.04 Å². The summed E-state index contributed by atoms with van der Waals surface area (Å²) in [5, 5.41) is 0. The summed E-state index contributed by atoms with van der Waals surface area (Å²) in [7, 11) is 0. The minimum atomic E-state index is -4.45. The molecule has 0 saturated heterocycles. The molecule has 0 saturated carbocycles. The number of benzene rings is 2. The van der Waals surface area contributed by atoms with Gasteiger partial charge < -0.3 is 10.5 Å². The summed E-state index contributed by atoms with van der Waals surface area (Å²) in [5.74, 6) is 0.189. The van der Waals surface area contributed by atoms with E-state index in [-0.39, 0.29) is 11.8 Å². The zero-order chi connectivity index (χ0) is 15.5. The molecule has 2 nitrogen and oxygen atoms in total. The summed E-state index contributed by atoms with van der Waals surface area (Å²) >= 11 is 0. The lowest BCUT2D eigenvalue weighted by Gasteiger charge is -2.16. The van der Waals surface area contributed by atoms with Gasteiger partial charge in [-0.15, -0.1) is 0 Å². The second-order valence-corrected chi connectivity index (χ2v) is 4.89. The predicted molar refractivity (Wildman–Crippen MR) is 75.3 cm³/mol. The van der Waals surface area contributed by atoms with Crippen LogP contribution < -0.4 is 10.5 Å². The van der Waals surface area contributed by atoms with Gasteiger partial charge in [-0.3, -0.25) is 0 Å². The largest absolute Gasteiger partial charge is 0.456 e. The summed E-state index contributed by atoms with van der Waals surface area (Å²) < 4.78 is 44.4. The van der Waals surface area contributed by atoms with E-state index in [0.29, 0.717) is 12.2 Å². The fraction of sp³-hybridized carbons (Fsp3) is 0.250. The molecule has 2 N–H and O–H groups in total. The molecule has 0 aliphatic carbocycles. The molecule has 0 amide bonds. The Hall–Kier alpha value is -2.01. The number of rotatable bonds is 4. The highest BCUT2D eigenvalue weighted by Gasteiger charge is 2.34. The zero-order valence-corrected chi connectivity index (χ0v) is 11.5. The Morgan fingerprint density at radius 2 is 1.57 bits per heavy atom. The first-order chi connectivity index (χ1) is 9.88. The molecule has 5 heteroatoms. The average Bonchev–Trinajstić information content (AvgIpc) is 2.40. The highest BCUT2D eigenvalue weighted by molar-refractivity contribution is 5.42. The van der Waals surface area contributed by atoms with E-state index < -0.39 is 11.7 Å². The molecule has 2 aromatic rings. The third kappa shape index (κ3) is 3.98. The molecular formula is C16H16F3NO. The maximum atomic E-state index is 13.0. The van der Waals surface area contributed by atoms with Crippen LogP contribution in [0.4, 0.5) is 13.2 Å². The van der Waals surface area contributed by atoms with E-state index in [1.807, 2.05) is 6.92 Å². The van der Waals surface area contributed by atoms with Crippen LogP contribution in [0.15, 0.2) is 48.5 Å². The number of hydrogen-bond acceptors (Lipinski definition) is 2. The SMILES string of the molecule is CC(N)Cc1ccccc1Oc1ccccc1C(F)(F)F. The van der Waals surface area contributed by atoms with Crippen molar-refractivity contribution in [3.8, 4) is 11.5 Å². The van der Waals surface area contributed by atoms with Gasteiger partial charge in [0.05, 0.1) is 5.56 Å². The first-order valence-corrected chi connectivity index (χ1v) is 6.55. The van der Waals surface area contributed by atoms with Crippen LogP contribution in [0, 0.1) is 0 Å². The normalized spacial score (nSPS) is 13.0. The Balaban J connectivity index is 2.35. The second-order valence-electron chi connectivity index (χ2n) is 4.89. The first kappa shape index (κ1) is 15.4. The van der Waals surface area contributed by atoms with E-state index in [0.717, 1.165) is 11.6 Å². The van der Waals surface area contributed by atoms with Crippen LogP contribution in [0.1, 0.15) is 18.1 Å². The van der Waals surface area contributed by atoms with Crippen molar-refractivity contribution in [2.45, 2.75) is 25.6 Å². The van der Waals surface area contributed by atoms with Crippen molar-refractivity contribution in [3.05, 3.63) is 59.7 Å². The third-order valence-electron chi connectivity index (χ3n) is 2.93. The van der Waals surface area contributed by atoms with E-state index >= 15 is 0 Å². The summed E-state index contributed by atoms with van der Waals surface area (Å²) in [6, 6.07) is 12.0. The Kier molecular flexibility index (Phi) is 4.53. The van der Waals surface area contributed by atoms with E-state index in [1.54, 1.807) is 24.3 Å². The number of hydrogen-bond donors (Lipinski definition) is 1. The highest BCUT2D eigenvalue weighted by atomic mass is 19.4. The molecule has 0 aliphatic heterocycles. The average molecular weight is 295 g/mol. The molecule has 0 radical (unpaired) electrons. The van der Waals surface area contributed by atoms with E-state index in [4.69, 9.17) is 10.5 Å². The van der Waals surface area contributed by atoms with Crippen molar-refractivity contribution < 1.29 is 17.9 Å². The fourth-order valence-corrected chi connectivity index (χ4v) is 2.03. The van der Waals surface area contributed by atoms with Crippen LogP contribution in [0.25, 0.3) is 0 Å². The van der Waals surface area contributed by atoms with Crippen LogP contribution in [0.3, 0.4) is 0 Å². The predicted octanol–water partition coefficient (Wildman–Crippen LogP) is 4.39. The quantitative estimate of drug-likeness (QED) is 0.908. The lowest BCUT2D eigenvalue weighted by molar-refractivity contribution is -0.138. The Morgan fingerprint density at radius 3 is 2.19 bits per heavy atom. The summed E-state index contributed by atoms with van der Waals surface area (Å²) in [5.41, 5.74) is 5.74. The zero-order valence-electron chi connectivity index (χ0n) is 11.5. The minimum Gasteiger partial charge on any atom is -0.456 e. The lowest BCUT2D eigenvalue weighted by atomic mass is 10.1. The number of nitrogens with two attached hydrogens (primary N) is 1. The van der Waals surface area contributed by atoms with Crippen molar-refractivity contribution in [1.82, 2.24) is 0 Å². The number of alkyl halides is 3. The van der Waals surface area contributed by atoms with Crippen molar-refractivity contribution >= 4 is 0 Å². The number of para-hydroxylation sites is 2. The lowest BCUT2D eigenvalue weighted by Crippen LogP contribution is -2.18. The molecule has 0 bridgehead atoms. The smallest absolute Gasteiger partial charge is 0.419 e. The molecule has 112 valence electrons. The van der Waals surface area contributed by atoms with E-state index in [9.17, 15) is 13.2 Å². The van der Waals surface area contributed by atoms with Gasteiger partial charge in [0.1, 0.15) is 11.5 Å². The Bertz CT molecular complexity index is 608. The van der Waals surface area contributed by atoms with Crippen LogP contribution >= 0.6 is 0 Å². The van der Waals surface area contributed by atoms with Gasteiger partial charge in [0.2, 0.25) is 0 Å². The second kappa shape index (κ2) is 6.18. The number of halogens is 3. The Labute approximate surface area is 121 Å². The van der Waals surface area contributed by atoms with Crippen molar-refractivity contribution in [1.29, 1.82) is 0 Å². The molecule has 2 aromatic carbocycles. The van der Waals surface area contributed by atoms with Gasteiger partial charge in [0.15, 0.2) is 0 Å². The summed E-state index contributed by atoms with van der Waals surface area (Å²) in [4.78, 5) is 0. The molecule has 21 heavy (non-hydrogen) atoms. The molecule has 2 rings (SSSR count). The van der Waals surface area contributed by atoms with Gasteiger partial charge in [-0.05, 0) is 37.1 Å². The van der Waals surface area contributed by atoms with Gasteiger partial charge in [-0.25, -0.2) is 0 Å². The minimum absolute atomic E-state index is 0.104. The molecule has 0 aromatic heterocycles. The van der Waals surface area contributed by atoms with E-state index in [1.165, 1.54) is 18.2 Å². The van der Waals surface area contributed by atoms with Crippen molar-refractivity contribution in [2.75, 3.05) is 0 Å². The Morgan fingerprint density at radius 1 is 1.00 bits per heavy atom. The molecule has 1 atom stereocenters. The molecule has 0 aliphatic rings. The van der Waals surface area contributed by atoms with Gasteiger partial charge in [0.25, 0.3) is 0 Å². The molecule has 1 unspecified atom stereocenters. The fourth-order valence-electron chi connectivity index (χ4n) is 2.03. The monoisotopic (exact) mass is 295 g/mol. The third-order valence-corrected chi connectivity index (χ3v) is 2.93. The standard InChI is InChI=1S/C16H16F3NO/c1-11(20)10-12-6-2-4-8-14(12)21-15-9-5-3-7-13(15)16(17,18)19/h2-9,11H,10,20H2,1H3. The number of ether oxygens (including phenoxy) is 1. The van der Waals surface area contributed by atoms with Crippen LogP contribution in [0.2, 0.25) is 0 Å². The summed E-state index contributed by atoms with van der Waals surface area (Å²) in [6.07, 6.45) is -3.92. The maximum Gasteiger partial charge on any atom is 0.419 e. The van der Waals surface area contributed by atoms with Gasteiger partial charge >= 0.3 is 6.18 Å². The maximum absolute atomic E-state index is 13.0. The van der Waals surface area contributed by atoms with Gasteiger partial charge in [-0.1, -0.05) is 30.3 Å². The van der Waals surface area contributed by atoms with Crippen LogP contribution in [0.5, 0.6) is 11.5 Å². The van der Waals surface area contributed by atoms with Crippen molar-refractivity contribution in [2.24, 2.45) is 5.73 Å². The molecule has 0 fully saturated rings. The van der Waals surface area contributed by atoms with Gasteiger partial charge in [-0.2, -0.15) is 13.2 Å². The topological polar surface area (TPSA) is 35.2 Å². The van der Waals surface area contributed by atoms with Crippen LogP contribution in [-0.2, 0) is 12.6 Å². The van der Waals surface area contributed by atoms with Crippen LogP contribution in [-0.4, -0.2) is 6.04 Å². The first-order valence-electron chi connectivity index (χ1n) is 6.55. The highest BCUT2D eigenvalue weighted by Crippen LogP contribution is 2.38. The summed E-state index contributed by atoms with van der Waals surface area (Å²) in [6.45, 7) is 1.83. The molecule has 0 spiro atoms. The molecule has 0 heterocycles.